The van der Waals surface area contributed by atoms with Crippen LogP contribution in [-0.4, -0.2) is 48.4 Å². The zero-order valence-electron chi connectivity index (χ0n) is 13.6. The molecule has 2 aliphatic heterocycles. The average molecular weight is 295 g/mol. The van der Waals surface area contributed by atoms with Gasteiger partial charge >= 0.3 is 0 Å². The zero-order valence-corrected chi connectivity index (χ0v) is 13.6. The number of amides is 2. The molecule has 2 rings (SSSR count). The standard InChI is InChI=1S/C16H29N3O2/c1-16(2,3)15(21)17-9-4-5-14(20)19-10-8-12-6-7-13(11-19)18-12/h12-13,18H,4-11H2,1-3H3,(H,17,21). The minimum absolute atomic E-state index is 0.0474. The van der Waals surface area contributed by atoms with E-state index in [-0.39, 0.29) is 17.2 Å². The monoisotopic (exact) mass is 295 g/mol. The van der Waals surface area contributed by atoms with Gasteiger partial charge in [-0.1, -0.05) is 20.8 Å². The number of nitrogens with zero attached hydrogens (tertiary/aromatic N) is 1. The van der Waals surface area contributed by atoms with Gasteiger partial charge in [0.05, 0.1) is 0 Å². The number of nitrogens with one attached hydrogen (secondary N) is 2. The second-order valence-corrected chi connectivity index (χ2v) is 7.38. The molecule has 2 atom stereocenters. The fourth-order valence-corrected chi connectivity index (χ4v) is 3.03. The Morgan fingerprint density at radius 3 is 2.62 bits per heavy atom. The van der Waals surface area contributed by atoms with Crippen molar-refractivity contribution in [3.05, 3.63) is 0 Å². The summed E-state index contributed by atoms with van der Waals surface area (Å²) in [7, 11) is 0. The van der Waals surface area contributed by atoms with E-state index in [9.17, 15) is 9.59 Å². The van der Waals surface area contributed by atoms with E-state index in [2.05, 4.69) is 10.6 Å². The van der Waals surface area contributed by atoms with E-state index in [1.165, 1.54) is 12.8 Å². The molecule has 120 valence electrons. The van der Waals surface area contributed by atoms with Crippen LogP contribution in [0.15, 0.2) is 0 Å². The van der Waals surface area contributed by atoms with Crippen molar-refractivity contribution >= 4 is 11.8 Å². The van der Waals surface area contributed by atoms with Gasteiger partial charge in [-0.2, -0.15) is 0 Å². The molecule has 2 amide bonds. The summed E-state index contributed by atoms with van der Waals surface area (Å²) in [6.07, 6.45) is 4.77. The molecule has 2 saturated heterocycles. The molecular formula is C16H29N3O2. The molecule has 2 N–H and O–H groups in total. The van der Waals surface area contributed by atoms with E-state index in [4.69, 9.17) is 0 Å². The lowest BCUT2D eigenvalue weighted by atomic mass is 9.96. The number of hydrogen-bond acceptors (Lipinski definition) is 3. The molecule has 0 radical (unpaired) electrons. The predicted octanol–water partition coefficient (Wildman–Crippen LogP) is 1.28. The molecule has 0 saturated carbocycles. The van der Waals surface area contributed by atoms with Gasteiger partial charge in [0.25, 0.3) is 0 Å². The van der Waals surface area contributed by atoms with Gasteiger partial charge in [0, 0.05) is 43.6 Å². The maximum absolute atomic E-state index is 12.3. The van der Waals surface area contributed by atoms with Crippen LogP contribution in [0.1, 0.15) is 52.9 Å². The van der Waals surface area contributed by atoms with Crippen molar-refractivity contribution in [3.8, 4) is 0 Å². The van der Waals surface area contributed by atoms with Crippen molar-refractivity contribution in [2.75, 3.05) is 19.6 Å². The van der Waals surface area contributed by atoms with E-state index in [1.54, 1.807) is 0 Å². The van der Waals surface area contributed by atoms with Gasteiger partial charge < -0.3 is 15.5 Å². The molecule has 0 spiro atoms. The van der Waals surface area contributed by atoms with Gasteiger partial charge in [0.1, 0.15) is 0 Å². The molecule has 0 aromatic carbocycles. The van der Waals surface area contributed by atoms with E-state index < -0.39 is 0 Å². The lowest BCUT2D eigenvalue weighted by Crippen LogP contribution is -2.39. The molecule has 2 fully saturated rings. The molecule has 5 nitrogen and oxygen atoms in total. The first-order valence-electron chi connectivity index (χ1n) is 8.18. The van der Waals surface area contributed by atoms with E-state index >= 15 is 0 Å². The zero-order chi connectivity index (χ0) is 15.5. The third-order valence-electron chi connectivity index (χ3n) is 4.41. The summed E-state index contributed by atoms with van der Waals surface area (Å²) in [5, 5.41) is 6.48. The summed E-state index contributed by atoms with van der Waals surface area (Å²) in [6, 6.07) is 1.10. The van der Waals surface area contributed by atoms with Gasteiger partial charge in [-0.15, -0.1) is 0 Å². The first-order chi connectivity index (χ1) is 9.86. The molecule has 0 aromatic rings. The Balaban J connectivity index is 1.66. The molecule has 0 aromatic heterocycles. The highest BCUT2D eigenvalue weighted by Crippen LogP contribution is 2.20. The molecule has 2 heterocycles. The van der Waals surface area contributed by atoms with Crippen molar-refractivity contribution in [3.63, 3.8) is 0 Å². The lowest BCUT2D eigenvalue weighted by molar-refractivity contribution is -0.132. The number of carbonyl (C=O) groups excluding carboxylic acids is 2. The maximum Gasteiger partial charge on any atom is 0.225 e. The maximum atomic E-state index is 12.3. The Morgan fingerprint density at radius 2 is 1.90 bits per heavy atom. The van der Waals surface area contributed by atoms with Crippen LogP contribution in [0, 0.1) is 5.41 Å². The highest BCUT2D eigenvalue weighted by atomic mass is 16.2. The molecule has 2 bridgehead atoms. The van der Waals surface area contributed by atoms with Gasteiger partial charge in [0.15, 0.2) is 0 Å². The number of fused-ring (bicyclic) bond motifs is 2. The van der Waals surface area contributed by atoms with Crippen molar-refractivity contribution in [1.29, 1.82) is 0 Å². The van der Waals surface area contributed by atoms with Gasteiger partial charge in [-0.05, 0) is 25.7 Å². The van der Waals surface area contributed by atoms with Gasteiger partial charge in [-0.3, -0.25) is 9.59 Å². The largest absolute Gasteiger partial charge is 0.356 e. The van der Waals surface area contributed by atoms with Crippen LogP contribution in [0.25, 0.3) is 0 Å². The van der Waals surface area contributed by atoms with Crippen molar-refractivity contribution < 1.29 is 9.59 Å². The smallest absolute Gasteiger partial charge is 0.225 e. The number of likely N-dealkylation sites (tertiary alicyclic amines) is 1. The molecular weight excluding hydrogens is 266 g/mol. The summed E-state index contributed by atoms with van der Waals surface area (Å²) in [4.78, 5) is 26.0. The third kappa shape index (κ3) is 4.70. The van der Waals surface area contributed by atoms with Crippen LogP contribution < -0.4 is 10.6 Å². The second-order valence-electron chi connectivity index (χ2n) is 7.38. The molecule has 0 aliphatic carbocycles. The fourth-order valence-electron chi connectivity index (χ4n) is 3.03. The predicted molar refractivity (Wildman–Crippen MR) is 82.8 cm³/mol. The van der Waals surface area contributed by atoms with Crippen molar-refractivity contribution in [1.82, 2.24) is 15.5 Å². The first-order valence-corrected chi connectivity index (χ1v) is 8.18. The first kappa shape index (κ1) is 16.3. The average Bonchev–Trinajstić information content (AvgIpc) is 2.72. The topological polar surface area (TPSA) is 61.4 Å². The van der Waals surface area contributed by atoms with Crippen LogP contribution in [-0.2, 0) is 9.59 Å². The Kier molecular flexibility index (Phi) is 5.25. The summed E-state index contributed by atoms with van der Waals surface area (Å²) in [5.41, 5.74) is -0.361. The Morgan fingerprint density at radius 1 is 1.19 bits per heavy atom. The summed E-state index contributed by atoms with van der Waals surface area (Å²) < 4.78 is 0. The highest BCUT2D eigenvalue weighted by Gasteiger charge is 2.30. The summed E-state index contributed by atoms with van der Waals surface area (Å²) in [5.74, 6) is 0.278. The van der Waals surface area contributed by atoms with Crippen LogP contribution in [0.2, 0.25) is 0 Å². The number of rotatable bonds is 4. The van der Waals surface area contributed by atoms with E-state index in [1.807, 2.05) is 25.7 Å². The minimum Gasteiger partial charge on any atom is -0.356 e. The van der Waals surface area contributed by atoms with Gasteiger partial charge in [0.2, 0.25) is 11.8 Å². The quantitative estimate of drug-likeness (QED) is 0.768. The van der Waals surface area contributed by atoms with Crippen molar-refractivity contribution in [2.24, 2.45) is 5.41 Å². The minimum atomic E-state index is -0.361. The van der Waals surface area contributed by atoms with Gasteiger partial charge in [-0.25, -0.2) is 0 Å². The van der Waals surface area contributed by atoms with Crippen LogP contribution in [0.5, 0.6) is 0 Å². The van der Waals surface area contributed by atoms with Crippen LogP contribution in [0.4, 0.5) is 0 Å². The molecule has 2 unspecified atom stereocenters. The Bertz CT molecular complexity index is 389. The molecule has 2 aliphatic rings. The third-order valence-corrected chi connectivity index (χ3v) is 4.41. The summed E-state index contributed by atoms with van der Waals surface area (Å²) >= 11 is 0. The lowest BCUT2D eigenvalue weighted by Gasteiger charge is -2.24. The number of hydrogen-bond donors (Lipinski definition) is 2. The van der Waals surface area contributed by atoms with E-state index in [0.717, 1.165) is 25.9 Å². The van der Waals surface area contributed by atoms with Crippen molar-refractivity contribution in [2.45, 2.75) is 65.0 Å². The SMILES string of the molecule is CC(C)(C)C(=O)NCCCC(=O)N1CCC2CCC(C1)N2. The Hall–Kier alpha value is -1.10. The van der Waals surface area contributed by atoms with E-state index in [0.29, 0.717) is 25.0 Å². The van der Waals surface area contributed by atoms with Crippen LogP contribution in [0.3, 0.4) is 0 Å². The molecule has 5 heteroatoms. The summed E-state index contributed by atoms with van der Waals surface area (Å²) in [6.45, 7) is 8.00. The normalized spacial score (nSPS) is 25.6. The Labute approximate surface area is 127 Å². The number of carbonyl (C=O) groups is 2. The fraction of sp³-hybridized carbons (Fsp3) is 0.875. The highest BCUT2D eigenvalue weighted by molar-refractivity contribution is 5.81. The second kappa shape index (κ2) is 6.77. The molecule has 21 heavy (non-hydrogen) atoms. The van der Waals surface area contributed by atoms with Crippen LogP contribution >= 0.6 is 0 Å².